The third kappa shape index (κ3) is 1.93. The van der Waals surface area contributed by atoms with E-state index in [9.17, 15) is 5.11 Å². The second kappa shape index (κ2) is 4.49. The van der Waals surface area contributed by atoms with Crippen molar-refractivity contribution in [3.05, 3.63) is 54.2 Å². The Balaban J connectivity index is 1.72. The summed E-state index contributed by atoms with van der Waals surface area (Å²) in [4.78, 5) is 4.29. The highest BCUT2D eigenvalue weighted by atomic mass is 16.3. The molecular weight excluding hydrogens is 250 g/mol. The Kier molecular flexibility index (Phi) is 2.63. The van der Waals surface area contributed by atoms with Crippen molar-refractivity contribution in [2.45, 2.75) is 32.0 Å². The highest BCUT2D eigenvalue weighted by Gasteiger charge is 2.25. The van der Waals surface area contributed by atoms with Crippen molar-refractivity contribution < 1.29 is 5.11 Å². The molecule has 1 aromatic carbocycles. The van der Waals surface area contributed by atoms with Crippen LogP contribution in [-0.2, 0) is 13.2 Å². The van der Waals surface area contributed by atoms with Crippen LogP contribution in [-0.4, -0.2) is 19.2 Å². The topological polar surface area (TPSA) is 43.0 Å². The van der Waals surface area contributed by atoms with E-state index in [1.807, 2.05) is 18.6 Å². The lowest BCUT2D eigenvalue weighted by atomic mass is 10.2. The van der Waals surface area contributed by atoms with Gasteiger partial charge in [0.15, 0.2) is 0 Å². The average molecular weight is 267 g/mol. The smallest absolute Gasteiger partial charge is 0.0951 e. The predicted octanol–water partition coefficient (Wildman–Crippen LogP) is 2.71. The minimum Gasteiger partial charge on any atom is -0.392 e. The summed E-state index contributed by atoms with van der Waals surface area (Å²) in [5.41, 5.74) is 3.37. The van der Waals surface area contributed by atoms with E-state index >= 15 is 0 Å². The van der Waals surface area contributed by atoms with E-state index in [1.54, 1.807) is 0 Å². The van der Waals surface area contributed by atoms with Crippen LogP contribution in [0.5, 0.6) is 0 Å². The summed E-state index contributed by atoms with van der Waals surface area (Å²) < 4.78 is 4.52. The van der Waals surface area contributed by atoms with Gasteiger partial charge in [-0.25, -0.2) is 4.98 Å². The van der Waals surface area contributed by atoms with Crippen LogP contribution in [0.3, 0.4) is 0 Å². The third-order valence-electron chi connectivity index (χ3n) is 4.04. The number of imidazole rings is 1. The minimum absolute atomic E-state index is 0.0845. The Morgan fingerprint density at radius 2 is 2.15 bits per heavy atom. The fourth-order valence-corrected chi connectivity index (χ4v) is 2.78. The van der Waals surface area contributed by atoms with Crippen molar-refractivity contribution in [2.24, 2.45) is 0 Å². The van der Waals surface area contributed by atoms with Gasteiger partial charge < -0.3 is 14.2 Å². The molecule has 1 aliphatic carbocycles. The van der Waals surface area contributed by atoms with Gasteiger partial charge >= 0.3 is 0 Å². The van der Waals surface area contributed by atoms with Gasteiger partial charge in [0.25, 0.3) is 0 Å². The summed E-state index contributed by atoms with van der Waals surface area (Å²) >= 11 is 0. The summed E-state index contributed by atoms with van der Waals surface area (Å²) in [7, 11) is 0. The molecule has 4 nitrogen and oxygen atoms in total. The first kappa shape index (κ1) is 11.7. The molecule has 1 N–H and O–H groups in total. The van der Waals surface area contributed by atoms with Crippen LogP contribution in [0.25, 0.3) is 10.9 Å². The number of hydrogen-bond acceptors (Lipinski definition) is 2. The molecule has 4 heteroatoms. The lowest BCUT2D eigenvalue weighted by Crippen LogP contribution is -2.05. The highest BCUT2D eigenvalue weighted by molar-refractivity contribution is 5.80. The number of hydrogen-bond donors (Lipinski definition) is 1. The molecule has 1 saturated carbocycles. The minimum atomic E-state index is 0.0845. The zero-order chi connectivity index (χ0) is 13.5. The monoisotopic (exact) mass is 267 g/mol. The molecule has 0 saturated heterocycles. The van der Waals surface area contributed by atoms with Gasteiger partial charge in [0.1, 0.15) is 0 Å². The van der Waals surface area contributed by atoms with Gasteiger partial charge in [0.2, 0.25) is 0 Å². The van der Waals surface area contributed by atoms with Gasteiger partial charge in [-0.3, -0.25) is 0 Å². The molecule has 2 heterocycles. The molecule has 0 aliphatic heterocycles. The van der Waals surface area contributed by atoms with E-state index in [-0.39, 0.29) is 6.61 Å². The quantitative estimate of drug-likeness (QED) is 0.789. The standard InChI is InChI=1S/C16H17N3O/c20-10-12-1-2-13-5-6-18(16(13)7-12)9-15-8-17-11-19(15)14-3-4-14/h1-2,5-8,11,14,20H,3-4,9-10H2. The molecular formula is C16H17N3O. The molecule has 0 atom stereocenters. The molecule has 4 rings (SSSR count). The molecule has 0 unspecified atom stereocenters. The number of aromatic nitrogens is 3. The molecule has 20 heavy (non-hydrogen) atoms. The molecule has 1 fully saturated rings. The normalized spacial score (nSPS) is 15.1. The number of rotatable bonds is 4. The third-order valence-corrected chi connectivity index (χ3v) is 4.04. The first-order valence-electron chi connectivity index (χ1n) is 7.04. The van der Waals surface area contributed by atoms with Crippen LogP contribution in [0.2, 0.25) is 0 Å². The molecule has 0 spiro atoms. The van der Waals surface area contributed by atoms with E-state index in [4.69, 9.17) is 0 Å². The molecule has 0 amide bonds. The number of aliphatic hydroxyl groups excluding tert-OH is 1. The molecule has 2 aromatic heterocycles. The van der Waals surface area contributed by atoms with Crippen LogP contribution < -0.4 is 0 Å². The van der Waals surface area contributed by atoms with Crippen LogP contribution >= 0.6 is 0 Å². The Morgan fingerprint density at radius 1 is 1.25 bits per heavy atom. The van der Waals surface area contributed by atoms with Crippen molar-refractivity contribution >= 4 is 10.9 Å². The summed E-state index contributed by atoms with van der Waals surface area (Å²) in [5.74, 6) is 0. The maximum absolute atomic E-state index is 9.28. The Morgan fingerprint density at radius 3 is 2.95 bits per heavy atom. The van der Waals surface area contributed by atoms with Crippen LogP contribution in [0, 0.1) is 0 Å². The summed E-state index contributed by atoms with van der Waals surface area (Å²) in [6, 6.07) is 8.88. The Hall–Kier alpha value is -2.07. The van der Waals surface area contributed by atoms with Crippen LogP contribution in [0.15, 0.2) is 43.0 Å². The first-order chi connectivity index (χ1) is 9.85. The maximum atomic E-state index is 9.28. The highest BCUT2D eigenvalue weighted by Crippen LogP contribution is 2.35. The van der Waals surface area contributed by atoms with Gasteiger partial charge in [-0.2, -0.15) is 0 Å². The summed E-state index contributed by atoms with van der Waals surface area (Å²) in [5, 5.41) is 10.5. The first-order valence-corrected chi connectivity index (χ1v) is 7.04. The van der Waals surface area contributed by atoms with Crippen molar-refractivity contribution in [3.63, 3.8) is 0 Å². The van der Waals surface area contributed by atoms with Gasteiger partial charge in [-0.1, -0.05) is 12.1 Å². The molecule has 0 bridgehead atoms. The second-order valence-electron chi connectivity index (χ2n) is 5.52. The Labute approximate surface area is 117 Å². The number of aliphatic hydroxyl groups is 1. The SMILES string of the molecule is OCc1ccc2ccn(Cc3cncn3C3CC3)c2c1. The van der Waals surface area contributed by atoms with E-state index < -0.39 is 0 Å². The van der Waals surface area contributed by atoms with Gasteiger partial charge in [0, 0.05) is 24.0 Å². The van der Waals surface area contributed by atoms with Crippen molar-refractivity contribution in [2.75, 3.05) is 0 Å². The summed E-state index contributed by atoms with van der Waals surface area (Å²) in [6.07, 6.45) is 8.54. The fourth-order valence-electron chi connectivity index (χ4n) is 2.78. The summed E-state index contributed by atoms with van der Waals surface area (Å²) in [6.45, 7) is 0.913. The lowest BCUT2D eigenvalue weighted by molar-refractivity contribution is 0.282. The molecule has 0 radical (unpaired) electrons. The van der Waals surface area contributed by atoms with Crippen molar-refractivity contribution in [3.8, 4) is 0 Å². The van der Waals surface area contributed by atoms with E-state index in [1.165, 1.54) is 29.4 Å². The predicted molar refractivity (Wildman–Crippen MR) is 77.5 cm³/mol. The van der Waals surface area contributed by atoms with E-state index in [0.29, 0.717) is 6.04 Å². The maximum Gasteiger partial charge on any atom is 0.0951 e. The van der Waals surface area contributed by atoms with Gasteiger partial charge in [0.05, 0.1) is 25.2 Å². The molecule has 1 aliphatic rings. The zero-order valence-electron chi connectivity index (χ0n) is 11.2. The second-order valence-corrected chi connectivity index (χ2v) is 5.52. The van der Waals surface area contributed by atoms with E-state index in [0.717, 1.165) is 12.1 Å². The number of benzene rings is 1. The molecule has 3 aromatic rings. The zero-order valence-corrected chi connectivity index (χ0v) is 11.2. The van der Waals surface area contributed by atoms with E-state index in [2.05, 4.69) is 38.5 Å². The van der Waals surface area contributed by atoms with Gasteiger partial charge in [-0.15, -0.1) is 0 Å². The van der Waals surface area contributed by atoms with Crippen LogP contribution in [0.1, 0.15) is 30.1 Å². The number of fused-ring (bicyclic) bond motifs is 1. The number of nitrogens with zero attached hydrogens (tertiary/aromatic N) is 3. The van der Waals surface area contributed by atoms with Crippen molar-refractivity contribution in [1.82, 2.24) is 14.1 Å². The van der Waals surface area contributed by atoms with Gasteiger partial charge in [-0.05, 0) is 35.9 Å². The lowest BCUT2D eigenvalue weighted by Gasteiger charge is -2.09. The average Bonchev–Trinajstić information content (AvgIpc) is 3.10. The van der Waals surface area contributed by atoms with Crippen molar-refractivity contribution in [1.29, 1.82) is 0 Å². The Bertz CT molecular complexity index is 752. The van der Waals surface area contributed by atoms with Crippen LogP contribution in [0.4, 0.5) is 0 Å². The fraction of sp³-hybridized carbons (Fsp3) is 0.312. The molecule has 102 valence electrons. The largest absolute Gasteiger partial charge is 0.392 e.